The van der Waals surface area contributed by atoms with Crippen LogP contribution in [0.4, 0.5) is 5.95 Å². The molecule has 2 aromatic heterocycles. The van der Waals surface area contributed by atoms with Crippen molar-refractivity contribution in [3.63, 3.8) is 0 Å². The SMILES string of the molecule is CCN(Cc1ccco1)c1ncc(CO)cn1. The van der Waals surface area contributed by atoms with Gasteiger partial charge in [0.25, 0.3) is 0 Å². The van der Waals surface area contributed by atoms with Crippen molar-refractivity contribution < 1.29 is 9.52 Å². The van der Waals surface area contributed by atoms with Crippen LogP contribution in [0, 0.1) is 0 Å². The summed E-state index contributed by atoms with van der Waals surface area (Å²) in [5, 5.41) is 8.92. The number of aliphatic hydroxyl groups excluding tert-OH is 1. The van der Waals surface area contributed by atoms with E-state index in [0.717, 1.165) is 12.3 Å². The Hall–Kier alpha value is -1.88. The number of aliphatic hydroxyl groups is 1. The zero-order valence-electron chi connectivity index (χ0n) is 9.71. The minimum Gasteiger partial charge on any atom is -0.467 e. The zero-order chi connectivity index (χ0) is 12.1. The second-order valence-electron chi connectivity index (χ2n) is 3.64. The van der Waals surface area contributed by atoms with Crippen molar-refractivity contribution in [2.24, 2.45) is 0 Å². The number of aromatic nitrogens is 2. The van der Waals surface area contributed by atoms with Gasteiger partial charge in [0, 0.05) is 24.5 Å². The minimum absolute atomic E-state index is 0.0371. The van der Waals surface area contributed by atoms with Gasteiger partial charge in [0.15, 0.2) is 0 Å². The first kappa shape index (κ1) is 11.6. The summed E-state index contributed by atoms with van der Waals surface area (Å²) >= 11 is 0. The molecule has 0 saturated heterocycles. The van der Waals surface area contributed by atoms with Crippen molar-refractivity contribution in [3.8, 4) is 0 Å². The summed E-state index contributed by atoms with van der Waals surface area (Å²) in [6, 6.07) is 3.78. The summed E-state index contributed by atoms with van der Waals surface area (Å²) in [7, 11) is 0. The Morgan fingerprint density at radius 1 is 1.35 bits per heavy atom. The average Bonchev–Trinajstić information content (AvgIpc) is 2.89. The molecule has 0 bridgehead atoms. The number of furan rings is 1. The number of nitrogens with zero attached hydrogens (tertiary/aromatic N) is 3. The largest absolute Gasteiger partial charge is 0.467 e. The number of rotatable bonds is 5. The predicted molar refractivity (Wildman–Crippen MR) is 63.4 cm³/mol. The van der Waals surface area contributed by atoms with E-state index in [0.29, 0.717) is 18.1 Å². The number of hydrogen-bond acceptors (Lipinski definition) is 5. The van der Waals surface area contributed by atoms with Gasteiger partial charge >= 0.3 is 0 Å². The second-order valence-corrected chi connectivity index (χ2v) is 3.64. The molecule has 5 nitrogen and oxygen atoms in total. The second kappa shape index (κ2) is 5.45. The first-order chi connectivity index (χ1) is 8.33. The fourth-order valence-electron chi connectivity index (χ4n) is 1.51. The molecule has 0 amide bonds. The van der Waals surface area contributed by atoms with Gasteiger partial charge in [-0.1, -0.05) is 0 Å². The predicted octanol–water partition coefficient (Wildman–Crippen LogP) is 1.59. The summed E-state index contributed by atoms with van der Waals surface area (Å²) in [6.45, 7) is 3.43. The molecule has 5 heteroatoms. The van der Waals surface area contributed by atoms with E-state index in [2.05, 4.69) is 9.97 Å². The lowest BCUT2D eigenvalue weighted by Gasteiger charge is -2.19. The summed E-state index contributed by atoms with van der Waals surface area (Å²) in [4.78, 5) is 10.4. The zero-order valence-corrected chi connectivity index (χ0v) is 9.71. The van der Waals surface area contributed by atoms with E-state index >= 15 is 0 Å². The normalized spacial score (nSPS) is 10.5. The maximum Gasteiger partial charge on any atom is 0.225 e. The van der Waals surface area contributed by atoms with E-state index < -0.39 is 0 Å². The maximum atomic E-state index is 8.92. The highest BCUT2D eigenvalue weighted by Crippen LogP contribution is 2.12. The van der Waals surface area contributed by atoms with Crippen LogP contribution in [-0.4, -0.2) is 21.6 Å². The molecule has 90 valence electrons. The molecule has 2 aromatic rings. The van der Waals surface area contributed by atoms with Crippen LogP contribution >= 0.6 is 0 Å². The molecule has 0 aliphatic carbocycles. The first-order valence-electron chi connectivity index (χ1n) is 5.52. The highest BCUT2D eigenvalue weighted by molar-refractivity contribution is 5.30. The van der Waals surface area contributed by atoms with E-state index in [1.54, 1.807) is 18.7 Å². The fraction of sp³-hybridized carbons (Fsp3) is 0.333. The van der Waals surface area contributed by atoms with E-state index in [4.69, 9.17) is 9.52 Å². The molecule has 2 heterocycles. The lowest BCUT2D eigenvalue weighted by atomic mass is 10.3. The standard InChI is InChI=1S/C12H15N3O2/c1-2-15(8-11-4-3-5-17-11)12-13-6-10(9-16)7-14-12/h3-7,16H,2,8-9H2,1H3. The summed E-state index contributed by atoms with van der Waals surface area (Å²) in [5.74, 6) is 1.52. The van der Waals surface area contributed by atoms with Crippen molar-refractivity contribution in [2.75, 3.05) is 11.4 Å². The van der Waals surface area contributed by atoms with Crippen molar-refractivity contribution in [1.82, 2.24) is 9.97 Å². The molecule has 2 rings (SSSR count). The van der Waals surface area contributed by atoms with Gasteiger partial charge in [-0.2, -0.15) is 0 Å². The Balaban J connectivity index is 2.11. The topological polar surface area (TPSA) is 62.4 Å². The molecule has 0 radical (unpaired) electrons. The van der Waals surface area contributed by atoms with E-state index in [9.17, 15) is 0 Å². The Kier molecular flexibility index (Phi) is 3.72. The summed E-state index contributed by atoms with van der Waals surface area (Å²) in [6.07, 6.45) is 4.92. The third-order valence-corrected chi connectivity index (χ3v) is 2.47. The third kappa shape index (κ3) is 2.82. The van der Waals surface area contributed by atoms with Gasteiger partial charge in [0.2, 0.25) is 5.95 Å². The Morgan fingerprint density at radius 3 is 2.65 bits per heavy atom. The molecule has 0 saturated carbocycles. The van der Waals surface area contributed by atoms with Crippen molar-refractivity contribution in [2.45, 2.75) is 20.1 Å². The minimum atomic E-state index is -0.0371. The number of anilines is 1. The average molecular weight is 233 g/mol. The van der Waals surface area contributed by atoms with Gasteiger partial charge in [0.1, 0.15) is 5.76 Å². The number of hydrogen-bond donors (Lipinski definition) is 1. The lowest BCUT2D eigenvalue weighted by Crippen LogP contribution is -2.23. The molecule has 17 heavy (non-hydrogen) atoms. The molecular formula is C12H15N3O2. The van der Waals surface area contributed by atoms with Crippen LogP contribution in [0.3, 0.4) is 0 Å². The molecule has 0 spiro atoms. The molecule has 1 N–H and O–H groups in total. The van der Waals surface area contributed by atoms with E-state index in [-0.39, 0.29) is 6.61 Å². The molecule has 0 aromatic carbocycles. The van der Waals surface area contributed by atoms with Crippen LogP contribution < -0.4 is 4.90 Å². The summed E-state index contributed by atoms with van der Waals surface area (Å²) in [5.41, 5.74) is 0.711. The van der Waals surface area contributed by atoms with Gasteiger partial charge in [-0.15, -0.1) is 0 Å². The summed E-state index contributed by atoms with van der Waals surface area (Å²) < 4.78 is 5.29. The van der Waals surface area contributed by atoms with Gasteiger partial charge in [-0.25, -0.2) is 9.97 Å². The Labute approximate surface area is 99.7 Å². The van der Waals surface area contributed by atoms with Crippen molar-refractivity contribution in [1.29, 1.82) is 0 Å². The van der Waals surface area contributed by atoms with Crippen molar-refractivity contribution >= 4 is 5.95 Å². The molecule has 0 aliphatic heterocycles. The van der Waals surface area contributed by atoms with E-state index in [1.807, 2.05) is 24.0 Å². The Morgan fingerprint density at radius 2 is 2.12 bits per heavy atom. The molecule has 0 atom stereocenters. The highest BCUT2D eigenvalue weighted by atomic mass is 16.3. The smallest absolute Gasteiger partial charge is 0.225 e. The van der Waals surface area contributed by atoms with Crippen LogP contribution in [0.1, 0.15) is 18.2 Å². The highest BCUT2D eigenvalue weighted by Gasteiger charge is 2.09. The van der Waals surface area contributed by atoms with Gasteiger partial charge in [-0.3, -0.25) is 0 Å². The van der Waals surface area contributed by atoms with Gasteiger partial charge < -0.3 is 14.4 Å². The van der Waals surface area contributed by atoms with Crippen LogP contribution in [0.25, 0.3) is 0 Å². The lowest BCUT2D eigenvalue weighted by molar-refractivity contribution is 0.281. The Bertz CT molecular complexity index is 439. The van der Waals surface area contributed by atoms with Gasteiger partial charge in [-0.05, 0) is 19.1 Å². The third-order valence-electron chi connectivity index (χ3n) is 2.47. The van der Waals surface area contributed by atoms with Crippen LogP contribution in [0.5, 0.6) is 0 Å². The van der Waals surface area contributed by atoms with Gasteiger partial charge in [0.05, 0.1) is 19.4 Å². The first-order valence-corrected chi connectivity index (χ1v) is 5.52. The molecule has 0 aliphatic rings. The van der Waals surface area contributed by atoms with Crippen LogP contribution in [0.2, 0.25) is 0 Å². The monoisotopic (exact) mass is 233 g/mol. The molecule has 0 fully saturated rings. The molecular weight excluding hydrogens is 218 g/mol. The van der Waals surface area contributed by atoms with E-state index in [1.165, 1.54) is 0 Å². The van der Waals surface area contributed by atoms with Crippen molar-refractivity contribution in [3.05, 3.63) is 42.1 Å². The maximum absolute atomic E-state index is 8.92. The quantitative estimate of drug-likeness (QED) is 0.849. The van der Waals surface area contributed by atoms with Crippen LogP contribution in [0.15, 0.2) is 35.2 Å². The fourth-order valence-corrected chi connectivity index (χ4v) is 1.51. The molecule has 0 unspecified atom stereocenters. The van der Waals surface area contributed by atoms with Crippen LogP contribution in [-0.2, 0) is 13.2 Å².